The van der Waals surface area contributed by atoms with E-state index in [2.05, 4.69) is 15.4 Å². The molecule has 3 rings (SSSR count). The fourth-order valence-electron chi connectivity index (χ4n) is 2.41. The minimum absolute atomic E-state index is 0.0634. The van der Waals surface area contributed by atoms with Crippen molar-refractivity contribution in [3.05, 3.63) is 72.3 Å². The van der Waals surface area contributed by atoms with Crippen molar-refractivity contribution in [2.75, 3.05) is 11.1 Å². The molecule has 9 heteroatoms. The quantitative estimate of drug-likeness (QED) is 0.670. The molecule has 0 unspecified atom stereocenters. The summed E-state index contributed by atoms with van der Waals surface area (Å²) >= 11 is 0. The van der Waals surface area contributed by atoms with E-state index in [4.69, 9.17) is 0 Å². The molecule has 0 aliphatic heterocycles. The molecule has 0 saturated heterocycles. The largest absolute Gasteiger partial charge is 0.293 e. The van der Waals surface area contributed by atoms with Gasteiger partial charge in [-0.15, -0.1) is 5.10 Å². The first-order valence-electron chi connectivity index (χ1n) is 8.14. The first-order valence-corrected chi connectivity index (χ1v) is 9.79. The zero-order chi connectivity index (χ0) is 19.3. The highest BCUT2D eigenvalue weighted by Crippen LogP contribution is 2.12. The fraction of sp³-hybridized carbons (Fsp3) is 0.167. The van der Waals surface area contributed by atoms with Crippen molar-refractivity contribution in [3.63, 3.8) is 0 Å². The van der Waals surface area contributed by atoms with Gasteiger partial charge in [0.15, 0.2) is 9.84 Å². The minimum atomic E-state index is -3.53. The molecule has 0 aliphatic rings. The third-order valence-corrected chi connectivity index (χ3v) is 5.45. The lowest BCUT2D eigenvalue weighted by molar-refractivity contribution is -0.115. The lowest BCUT2D eigenvalue weighted by atomic mass is 10.2. The molecule has 0 saturated carbocycles. The number of rotatable bonds is 7. The summed E-state index contributed by atoms with van der Waals surface area (Å²) in [6.45, 7) is 0.295. The number of sulfone groups is 1. The van der Waals surface area contributed by atoms with E-state index in [1.54, 1.807) is 30.3 Å². The maximum Gasteiger partial charge on any atom is 0.248 e. The number of anilines is 1. The van der Waals surface area contributed by atoms with Gasteiger partial charge in [-0.2, -0.15) is 0 Å². The van der Waals surface area contributed by atoms with Crippen molar-refractivity contribution >= 4 is 21.7 Å². The number of aromatic nitrogens is 3. The molecule has 2 aromatic carbocycles. The van der Waals surface area contributed by atoms with E-state index in [1.807, 2.05) is 0 Å². The molecule has 1 N–H and O–H groups in total. The summed E-state index contributed by atoms with van der Waals surface area (Å²) in [5, 5.41) is 6.54. The number of nitrogens with zero attached hydrogens (tertiary/aromatic N) is 3. The zero-order valence-electron chi connectivity index (χ0n) is 14.2. The van der Waals surface area contributed by atoms with Crippen LogP contribution in [-0.2, 0) is 21.2 Å². The van der Waals surface area contributed by atoms with Gasteiger partial charge < -0.3 is 0 Å². The van der Waals surface area contributed by atoms with E-state index in [1.165, 1.54) is 35.3 Å². The maximum atomic E-state index is 13.2. The molecule has 0 radical (unpaired) electrons. The van der Waals surface area contributed by atoms with Gasteiger partial charge in [0, 0.05) is 6.42 Å². The average Bonchev–Trinajstić information content (AvgIpc) is 3.07. The van der Waals surface area contributed by atoms with Crippen LogP contribution in [0.2, 0.25) is 0 Å². The van der Waals surface area contributed by atoms with E-state index in [0.29, 0.717) is 12.1 Å². The van der Waals surface area contributed by atoms with Crippen molar-refractivity contribution in [2.24, 2.45) is 0 Å². The zero-order valence-corrected chi connectivity index (χ0v) is 15.1. The van der Waals surface area contributed by atoms with Gasteiger partial charge in [-0.05, 0) is 29.8 Å². The van der Waals surface area contributed by atoms with Crippen molar-refractivity contribution in [2.45, 2.75) is 17.9 Å². The molecule has 1 heterocycles. The van der Waals surface area contributed by atoms with Crippen LogP contribution in [0.25, 0.3) is 0 Å². The Hall–Kier alpha value is -3.07. The molecule has 3 aromatic rings. The number of hydrogen-bond acceptors (Lipinski definition) is 5. The monoisotopic (exact) mass is 388 g/mol. The Morgan fingerprint density at radius 2 is 1.89 bits per heavy atom. The Labute approximate surface area is 155 Å². The smallest absolute Gasteiger partial charge is 0.248 e. The number of nitrogens with one attached hydrogen (secondary N) is 1. The first kappa shape index (κ1) is 18.7. The summed E-state index contributed by atoms with van der Waals surface area (Å²) in [5.41, 5.74) is 0.701. The molecule has 140 valence electrons. The van der Waals surface area contributed by atoms with E-state index in [-0.39, 0.29) is 28.8 Å². The summed E-state index contributed by atoms with van der Waals surface area (Å²) in [6, 6.07) is 14.0. The van der Waals surface area contributed by atoms with E-state index < -0.39 is 15.7 Å². The van der Waals surface area contributed by atoms with Gasteiger partial charge in [0.25, 0.3) is 0 Å². The third kappa shape index (κ3) is 5.20. The van der Waals surface area contributed by atoms with Gasteiger partial charge in [-0.3, -0.25) is 10.1 Å². The lowest BCUT2D eigenvalue weighted by Crippen LogP contribution is -2.18. The Morgan fingerprint density at radius 1 is 1.11 bits per heavy atom. The Kier molecular flexibility index (Phi) is 5.60. The lowest BCUT2D eigenvalue weighted by Gasteiger charge is -2.04. The van der Waals surface area contributed by atoms with Crippen LogP contribution in [0.3, 0.4) is 0 Å². The van der Waals surface area contributed by atoms with Gasteiger partial charge in [0.1, 0.15) is 12.1 Å². The van der Waals surface area contributed by atoms with Crippen molar-refractivity contribution in [3.8, 4) is 0 Å². The molecule has 1 aromatic heterocycles. The molecule has 0 spiro atoms. The third-order valence-electron chi connectivity index (χ3n) is 3.72. The van der Waals surface area contributed by atoms with Gasteiger partial charge in [-0.25, -0.2) is 22.5 Å². The van der Waals surface area contributed by atoms with E-state index in [0.717, 1.165) is 0 Å². The summed E-state index contributed by atoms with van der Waals surface area (Å²) in [5.74, 6) is -1.10. The van der Waals surface area contributed by atoms with Crippen LogP contribution in [0, 0.1) is 5.82 Å². The fourth-order valence-corrected chi connectivity index (χ4v) is 3.67. The first-order chi connectivity index (χ1) is 12.9. The van der Waals surface area contributed by atoms with E-state index in [9.17, 15) is 17.6 Å². The van der Waals surface area contributed by atoms with E-state index >= 15 is 0 Å². The topological polar surface area (TPSA) is 94.0 Å². The average molecular weight is 388 g/mol. The molecular formula is C18H17FN4O3S. The van der Waals surface area contributed by atoms with Crippen molar-refractivity contribution in [1.82, 2.24) is 14.8 Å². The van der Waals surface area contributed by atoms with Gasteiger partial charge in [0.05, 0.1) is 17.2 Å². The summed E-state index contributed by atoms with van der Waals surface area (Å²) in [6.07, 6.45) is 1.19. The molecular weight excluding hydrogens is 371 g/mol. The molecule has 0 bridgehead atoms. The second-order valence-corrected chi connectivity index (χ2v) is 7.93. The minimum Gasteiger partial charge on any atom is -0.293 e. The Bertz CT molecular complexity index is 1040. The Balaban J connectivity index is 1.55. The number of carbonyl (C=O) groups is 1. The van der Waals surface area contributed by atoms with Crippen LogP contribution < -0.4 is 5.32 Å². The van der Waals surface area contributed by atoms with Gasteiger partial charge in [-0.1, -0.05) is 30.3 Å². The maximum absolute atomic E-state index is 13.2. The van der Waals surface area contributed by atoms with Crippen LogP contribution in [0.4, 0.5) is 10.3 Å². The molecule has 7 nitrogen and oxygen atoms in total. The molecule has 0 atom stereocenters. The second-order valence-electron chi connectivity index (χ2n) is 5.83. The van der Waals surface area contributed by atoms with Crippen molar-refractivity contribution in [1.29, 1.82) is 0 Å². The normalized spacial score (nSPS) is 11.3. The van der Waals surface area contributed by atoms with Crippen molar-refractivity contribution < 1.29 is 17.6 Å². The predicted molar refractivity (Wildman–Crippen MR) is 97.3 cm³/mol. The van der Waals surface area contributed by atoms with Gasteiger partial charge in [0.2, 0.25) is 11.9 Å². The highest BCUT2D eigenvalue weighted by Gasteiger charge is 2.16. The predicted octanol–water partition coefficient (Wildman–Crippen LogP) is 2.27. The van der Waals surface area contributed by atoms with Crippen LogP contribution in [0.1, 0.15) is 12.0 Å². The highest BCUT2D eigenvalue weighted by molar-refractivity contribution is 7.91. The SMILES string of the molecule is O=C(CCS(=O)(=O)c1ccccc1)Nc1ncn(Cc2cccc(F)c2)n1. The van der Waals surface area contributed by atoms with Crippen LogP contribution in [0.5, 0.6) is 0 Å². The molecule has 0 fully saturated rings. The second kappa shape index (κ2) is 8.09. The van der Waals surface area contributed by atoms with Gasteiger partial charge >= 0.3 is 0 Å². The number of amides is 1. The molecule has 1 amide bonds. The number of hydrogen-bond donors (Lipinski definition) is 1. The summed E-state index contributed by atoms with van der Waals surface area (Å²) in [7, 11) is -3.53. The summed E-state index contributed by atoms with van der Waals surface area (Å²) < 4.78 is 39.0. The molecule has 0 aliphatic carbocycles. The standard InChI is InChI=1S/C18H17FN4O3S/c19-15-6-4-5-14(11-15)12-23-13-20-18(22-23)21-17(24)9-10-27(25,26)16-7-2-1-3-8-16/h1-8,11,13H,9-10,12H2,(H,21,22,24). The molecule has 27 heavy (non-hydrogen) atoms. The Morgan fingerprint density at radius 3 is 2.63 bits per heavy atom. The number of carbonyl (C=O) groups excluding carboxylic acids is 1. The summed E-state index contributed by atoms with van der Waals surface area (Å²) in [4.78, 5) is 16.1. The highest BCUT2D eigenvalue weighted by atomic mass is 32.2. The van der Waals surface area contributed by atoms with Crippen LogP contribution in [0.15, 0.2) is 65.8 Å². The van der Waals surface area contributed by atoms with Crippen LogP contribution in [-0.4, -0.2) is 34.8 Å². The number of halogens is 1. The number of benzene rings is 2. The van der Waals surface area contributed by atoms with Crippen LogP contribution >= 0.6 is 0 Å².